The van der Waals surface area contributed by atoms with Gasteiger partial charge in [-0.15, -0.1) is 0 Å². The molecule has 1 aliphatic carbocycles. The van der Waals surface area contributed by atoms with Crippen LogP contribution in [0.4, 0.5) is 0 Å². The van der Waals surface area contributed by atoms with Crippen LogP contribution in [0.1, 0.15) is 32.6 Å². The molecule has 1 heterocycles. The molecule has 0 aromatic carbocycles. The largest absolute Gasteiger partial charge is 0.409 e. The van der Waals surface area contributed by atoms with Gasteiger partial charge in [-0.1, -0.05) is 12.1 Å². The molecule has 2 fully saturated rings. The molecule has 1 unspecified atom stereocenters. The summed E-state index contributed by atoms with van der Waals surface area (Å²) in [4.78, 5) is 16.8. The van der Waals surface area contributed by atoms with Crippen molar-refractivity contribution in [1.82, 2.24) is 9.80 Å². The number of hydrogen-bond acceptors (Lipinski definition) is 4. The summed E-state index contributed by atoms with van der Waals surface area (Å²) >= 11 is 0. The number of carbonyl (C=O) groups excluding carboxylic acids is 1. The van der Waals surface area contributed by atoms with Crippen LogP contribution in [0.3, 0.4) is 0 Å². The van der Waals surface area contributed by atoms with Crippen LogP contribution in [-0.2, 0) is 4.79 Å². The highest BCUT2D eigenvalue weighted by Crippen LogP contribution is 2.47. The summed E-state index contributed by atoms with van der Waals surface area (Å²) in [7, 11) is 3.92. The summed E-state index contributed by atoms with van der Waals surface area (Å²) in [6.07, 6.45) is 3.66. The molecule has 0 aromatic heterocycles. The van der Waals surface area contributed by atoms with Crippen LogP contribution >= 0.6 is 0 Å². The van der Waals surface area contributed by atoms with Crippen LogP contribution in [0.15, 0.2) is 5.16 Å². The first-order valence-corrected chi connectivity index (χ1v) is 7.34. The minimum Gasteiger partial charge on any atom is -0.409 e. The number of oxime groups is 1. The predicted octanol–water partition coefficient (Wildman–Crippen LogP) is 0.702. The normalized spacial score (nSPS) is 34.9. The highest BCUT2D eigenvalue weighted by atomic mass is 16.4. The van der Waals surface area contributed by atoms with Crippen molar-refractivity contribution in [2.75, 3.05) is 27.2 Å². The van der Waals surface area contributed by atoms with Gasteiger partial charge in [0.2, 0.25) is 5.91 Å². The van der Waals surface area contributed by atoms with Gasteiger partial charge in [0.15, 0.2) is 5.84 Å². The third-order valence-corrected chi connectivity index (χ3v) is 4.90. The Labute approximate surface area is 120 Å². The topological polar surface area (TPSA) is 82.2 Å². The summed E-state index contributed by atoms with van der Waals surface area (Å²) in [5.74, 6) is 0.500. The van der Waals surface area contributed by atoms with Gasteiger partial charge in [-0.2, -0.15) is 0 Å². The van der Waals surface area contributed by atoms with Gasteiger partial charge in [0.05, 0.1) is 0 Å². The van der Waals surface area contributed by atoms with Crippen molar-refractivity contribution in [3.05, 3.63) is 0 Å². The molecular weight excluding hydrogens is 256 g/mol. The molecular formula is C14H26N4O2. The molecule has 0 radical (unpaired) electrons. The second-order valence-electron chi connectivity index (χ2n) is 6.54. The first-order valence-electron chi connectivity index (χ1n) is 7.34. The molecule has 3 N–H and O–H groups in total. The van der Waals surface area contributed by atoms with E-state index in [9.17, 15) is 4.79 Å². The Morgan fingerprint density at radius 3 is 2.65 bits per heavy atom. The number of hydrogen-bond donors (Lipinski definition) is 2. The third kappa shape index (κ3) is 2.49. The van der Waals surface area contributed by atoms with Crippen molar-refractivity contribution in [3.8, 4) is 0 Å². The molecule has 6 nitrogen and oxygen atoms in total. The number of nitrogens with two attached hydrogens (primary N) is 1. The van der Waals surface area contributed by atoms with Gasteiger partial charge < -0.3 is 20.7 Å². The lowest BCUT2D eigenvalue weighted by molar-refractivity contribution is -0.143. The average Bonchev–Trinajstić information content (AvgIpc) is 2.78. The van der Waals surface area contributed by atoms with E-state index in [1.54, 1.807) is 4.90 Å². The molecule has 2 rings (SSSR count). The zero-order chi connectivity index (χ0) is 14.9. The molecule has 0 bridgehead atoms. The van der Waals surface area contributed by atoms with Crippen molar-refractivity contribution >= 4 is 11.7 Å². The lowest BCUT2D eigenvalue weighted by Crippen LogP contribution is -2.58. The fourth-order valence-electron chi connectivity index (χ4n) is 3.69. The summed E-state index contributed by atoms with van der Waals surface area (Å²) in [5.41, 5.74) is 5.01. The van der Waals surface area contributed by atoms with Gasteiger partial charge in [0.25, 0.3) is 0 Å². The van der Waals surface area contributed by atoms with E-state index in [0.29, 0.717) is 31.3 Å². The minimum absolute atomic E-state index is 0.00815. The van der Waals surface area contributed by atoms with Crippen molar-refractivity contribution < 1.29 is 10.0 Å². The average molecular weight is 282 g/mol. The Kier molecular flexibility index (Phi) is 4.22. The summed E-state index contributed by atoms with van der Waals surface area (Å²) < 4.78 is 0. The molecule has 20 heavy (non-hydrogen) atoms. The van der Waals surface area contributed by atoms with Crippen molar-refractivity contribution in [1.29, 1.82) is 0 Å². The minimum atomic E-state index is -0.778. The molecule has 114 valence electrons. The molecule has 0 aromatic rings. The van der Waals surface area contributed by atoms with Gasteiger partial charge in [-0.25, -0.2) is 0 Å². The van der Waals surface area contributed by atoms with Crippen LogP contribution in [0, 0.1) is 11.3 Å². The molecule has 1 amide bonds. The maximum atomic E-state index is 12.7. The summed E-state index contributed by atoms with van der Waals surface area (Å²) in [5, 5.41) is 12.1. The van der Waals surface area contributed by atoms with E-state index >= 15 is 0 Å². The Bertz CT molecular complexity index is 404. The van der Waals surface area contributed by atoms with Crippen LogP contribution in [-0.4, -0.2) is 60.0 Å². The Morgan fingerprint density at radius 2 is 2.20 bits per heavy atom. The number of rotatable bonds is 4. The van der Waals surface area contributed by atoms with Gasteiger partial charge in [-0.05, 0) is 45.2 Å². The number of amidine groups is 1. The van der Waals surface area contributed by atoms with Gasteiger partial charge in [-0.3, -0.25) is 4.79 Å². The number of likely N-dealkylation sites (tertiary alicyclic amines) is 1. The Morgan fingerprint density at radius 1 is 1.55 bits per heavy atom. The lowest BCUT2D eigenvalue weighted by atomic mass is 9.61. The lowest BCUT2D eigenvalue weighted by Gasteiger charge is -2.46. The highest BCUT2D eigenvalue weighted by Gasteiger charge is 2.53. The Balaban J connectivity index is 2.04. The SMILES string of the molecule is CC1CC(C(=O)N(C)CC2CCCN2C)(C(N)=NO)C1. The van der Waals surface area contributed by atoms with E-state index in [2.05, 4.69) is 24.0 Å². The number of likely N-dealkylation sites (N-methyl/N-ethyl adjacent to an activating group) is 2. The zero-order valence-corrected chi connectivity index (χ0v) is 12.7. The molecule has 6 heteroatoms. The molecule has 1 aliphatic heterocycles. The van der Waals surface area contributed by atoms with Crippen molar-refractivity contribution in [2.45, 2.75) is 38.6 Å². The van der Waals surface area contributed by atoms with E-state index in [-0.39, 0.29) is 11.7 Å². The second kappa shape index (κ2) is 5.60. The van der Waals surface area contributed by atoms with Crippen molar-refractivity contribution in [3.63, 3.8) is 0 Å². The van der Waals surface area contributed by atoms with E-state index in [1.165, 1.54) is 6.42 Å². The van der Waals surface area contributed by atoms with Gasteiger partial charge >= 0.3 is 0 Å². The maximum absolute atomic E-state index is 12.7. The van der Waals surface area contributed by atoms with E-state index in [1.807, 2.05) is 7.05 Å². The molecule has 2 aliphatic rings. The number of nitrogens with zero attached hydrogens (tertiary/aromatic N) is 3. The first kappa shape index (κ1) is 15.1. The van der Waals surface area contributed by atoms with E-state index < -0.39 is 5.41 Å². The molecule has 1 saturated heterocycles. The summed E-state index contributed by atoms with van der Waals surface area (Å²) in [6, 6.07) is 0.422. The second-order valence-corrected chi connectivity index (χ2v) is 6.54. The van der Waals surface area contributed by atoms with Crippen molar-refractivity contribution in [2.24, 2.45) is 22.2 Å². The fraction of sp³-hybridized carbons (Fsp3) is 0.857. The van der Waals surface area contributed by atoms with E-state index in [4.69, 9.17) is 10.9 Å². The van der Waals surface area contributed by atoms with Gasteiger partial charge in [0.1, 0.15) is 5.41 Å². The maximum Gasteiger partial charge on any atom is 0.236 e. The standard InChI is InChI=1S/C14H26N4O2/c1-10-7-14(8-10,12(15)16-20)13(19)18(3)9-11-5-4-6-17(11)2/h10-11,20H,4-9H2,1-3H3,(H2,15,16). The molecule has 0 spiro atoms. The smallest absolute Gasteiger partial charge is 0.236 e. The van der Waals surface area contributed by atoms with Crippen LogP contribution < -0.4 is 5.73 Å². The van der Waals surface area contributed by atoms with Crippen LogP contribution in [0.5, 0.6) is 0 Å². The third-order valence-electron chi connectivity index (χ3n) is 4.90. The van der Waals surface area contributed by atoms with Gasteiger partial charge in [0, 0.05) is 19.6 Å². The predicted molar refractivity (Wildman–Crippen MR) is 77.5 cm³/mol. The Hall–Kier alpha value is -1.30. The number of amides is 1. The highest BCUT2D eigenvalue weighted by molar-refractivity contribution is 6.07. The number of carbonyl (C=O) groups is 1. The van der Waals surface area contributed by atoms with E-state index in [0.717, 1.165) is 13.0 Å². The first-order chi connectivity index (χ1) is 9.40. The monoisotopic (exact) mass is 282 g/mol. The molecule has 1 atom stereocenters. The zero-order valence-electron chi connectivity index (χ0n) is 12.7. The molecule has 1 saturated carbocycles. The van der Waals surface area contributed by atoms with Crippen LogP contribution in [0.25, 0.3) is 0 Å². The van der Waals surface area contributed by atoms with Crippen LogP contribution in [0.2, 0.25) is 0 Å². The quantitative estimate of drug-likeness (QED) is 0.344. The fourth-order valence-corrected chi connectivity index (χ4v) is 3.69. The summed E-state index contributed by atoms with van der Waals surface area (Å²) in [6.45, 7) is 3.89.